The zero-order valence-electron chi connectivity index (χ0n) is 15.5. The molecule has 0 aliphatic carbocycles. The molecule has 0 unspecified atom stereocenters. The standard InChI is InChI=1S/C20H23FN2O4/c1-20(2,3)27-19(25)23-10-11-26-17-9-6-14(18(22)24)12-16(17)13-4-7-15(21)8-5-13/h4-9,12H,10-11H2,1-3H3,(H2,22,24)(H,23,25). The molecule has 0 saturated carbocycles. The normalized spacial score (nSPS) is 11.0. The smallest absolute Gasteiger partial charge is 0.407 e. The number of primary amides is 1. The van der Waals surface area contributed by atoms with Crippen LogP contribution in [-0.4, -0.2) is 30.8 Å². The highest BCUT2D eigenvalue weighted by molar-refractivity contribution is 5.94. The molecule has 6 nitrogen and oxygen atoms in total. The van der Waals surface area contributed by atoms with Crippen molar-refractivity contribution in [3.8, 4) is 16.9 Å². The molecule has 0 heterocycles. The van der Waals surface area contributed by atoms with Crippen LogP contribution >= 0.6 is 0 Å². The summed E-state index contributed by atoms with van der Waals surface area (Å²) in [6.07, 6.45) is -0.533. The number of amides is 2. The molecule has 0 bridgehead atoms. The Morgan fingerprint density at radius 3 is 2.37 bits per heavy atom. The molecule has 144 valence electrons. The van der Waals surface area contributed by atoms with Crippen LogP contribution < -0.4 is 15.8 Å². The maximum absolute atomic E-state index is 13.2. The molecule has 2 rings (SSSR count). The first kappa shape index (κ1) is 20.2. The van der Waals surface area contributed by atoms with E-state index >= 15 is 0 Å². The van der Waals surface area contributed by atoms with E-state index in [4.69, 9.17) is 15.2 Å². The van der Waals surface area contributed by atoms with Gasteiger partial charge in [-0.2, -0.15) is 0 Å². The Bertz CT molecular complexity index is 814. The van der Waals surface area contributed by atoms with Crippen LogP contribution in [0.3, 0.4) is 0 Å². The number of ether oxygens (including phenoxy) is 2. The van der Waals surface area contributed by atoms with Gasteiger partial charge in [0.05, 0.1) is 6.54 Å². The van der Waals surface area contributed by atoms with Crippen LogP contribution in [-0.2, 0) is 4.74 Å². The Labute approximate surface area is 157 Å². The fourth-order valence-electron chi connectivity index (χ4n) is 2.29. The average molecular weight is 374 g/mol. The van der Waals surface area contributed by atoms with Gasteiger partial charge in [0, 0.05) is 11.1 Å². The summed E-state index contributed by atoms with van der Waals surface area (Å²) >= 11 is 0. The molecule has 0 radical (unpaired) electrons. The highest BCUT2D eigenvalue weighted by Crippen LogP contribution is 2.31. The molecule has 2 aromatic carbocycles. The van der Waals surface area contributed by atoms with E-state index < -0.39 is 17.6 Å². The maximum Gasteiger partial charge on any atom is 0.407 e. The lowest BCUT2D eigenvalue weighted by molar-refractivity contribution is 0.0520. The fraction of sp³-hybridized carbons (Fsp3) is 0.300. The van der Waals surface area contributed by atoms with Gasteiger partial charge in [-0.25, -0.2) is 9.18 Å². The minimum atomic E-state index is -0.578. The van der Waals surface area contributed by atoms with E-state index in [9.17, 15) is 14.0 Å². The van der Waals surface area contributed by atoms with Crippen LogP contribution in [0.25, 0.3) is 11.1 Å². The van der Waals surface area contributed by atoms with E-state index in [1.165, 1.54) is 12.1 Å². The molecule has 7 heteroatoms. The Morgan fingerprint density at radius 2 is 1.78 bits per heavy atom. The van der Waals surface area contributed by atoms with E-state index in [1.54, 1.807) is 51.1 Å². The molecular weight excluding hydrogens is 351 g/mol. The van der Waals surface area contributed by atoms with Crippen LogP contribution in [0.15, 0.2) is 42.5 Å². The summed E-state index contributed by atoms with van der Waals surface area (Å²) in [7, 11) is 0. The van der Waals surface area contributed by atoms with Crippen LogP contribution in [0.1, 0.15) is 31.1 Å². The number of nitrogens with two attached hydrogens (primary N) is 1. The first-order chi connectivity index (χ1) is 12.7. The van der Waals surface area contributed by atoms with Gasteiger partial charge in [0.1, 0.15) is 23.8 Å². The summed E-state index contributed by atoms with van der Waals surface area (Å²) < 4.78 is 24.1. The van der Waals surface area contributed by atoms with Crippen LogP contribution in [0.2, 0.25) is 0 Å². The minimum absolute atomic E-state index is 0.184. The van der Waals surface area contributed by atoms with E-state index in [2.05, 4.69) is 5.32 Å². The van der Waals surface area contributed by atoms with E-state index in [0.717, 1.165) is 0 Å². The largest absolute Gasteiger partial charge is 0.491 e. The molecular formula is C20H23FN2O4. The number of halogens is 1. The zero-order valence-corrected chi connectivity index (χ0v) is 15.5. The highest BCUT2D eigenvalue weighted by Gasteiger charge is 2.16. The third kappa shape index (κ3) is 6.29. The predicted octanol–water partition coefficient (Wildman–Crippen LogP) is 3.50. The SMILES string of the molecule is CC(C)(C)OC(=O)NCCOc1ccc(C(N)=O)cc1-c1ccc(F)cc1. The van der Waals surface area contributed by atoms with Gasteiger partial charge < -0.3 is 20.5 Å². The number of alkyl carbamates (subject to hydrolysis) is 1. The predicted molar refractivity (Wildman–Crippen MR) is 100 cm³/mol. The number of nitrogens with one attached hydrogen (secondary N) is 1. The molecule has 0 saturated heterocycles. The summed E-state index contributed by atoms with van der Waals surface area (Å²) in [6.45, 7) is 5.74. The first-order valence-corrected chi connectivity index (χ1v) is 8.45. The quantitative estimate of drug-likeness (QED) is 0.757. The van der Waals surface area contributed by atoms with E-state index in [1.807, 2.05) is 0 Å². The fourth-order valence-corrected chi connectivity index (χ4v) is 2.29. The van der Waals surface area contributed by atoms with Gasteiger partial charge in [0.2, 0.25) is 5.91 Å². The van der Waals surface area contributed by atoms with E-state index in [0.29, 0.717) is 22.4 Å². The van der Waals surface area contributed by atoms with Crippen molar-refractivity contribution in [1.82, 2.24) is 5.32 Å². The molecule has 27 heavy (non-hydrogen) atoms. The maximum atomic E-state index is 13.2. The summed E-state index contributed by atoms with van der Waals surface area (Å²) in [4.78, 5) is 23.1. The van der Waals surface area contributed by atoms with Crippen molar-refractivity contribution in [3.63, 3.8) is 0 Å². The van der Waals surface area contributed by atoms with Gasteiger partial charge in [0.25, 0.3) is 0 Å². The number of hydrogen-bond donors (Lipinski definition) is 2. The lowest BCUT2D eigenvalue weighted by atomic mass is 10.0. The Balaban J connectivity index is 2.08. The summed E-state index contributed by atoms with van der Waals surface area (Å²) in [6, 6.07) is 10.6. The van der Waals surface area contributed by atoms with Crippen molar-refractivity contribution in [1.29, 1.82) is 0 Å². The third-order valence-electron chi connectivity index (χ3n) is 3.45. The Kier molecular flexibility index (Phi) is 6.39. The van der Waals surface area contributed by atoms with Gasteiger partial charge in [-0.3, -0.25) is 4.79 Å². The second-order valence-corrected chi connectivity index (χ2v) is 6.86. The first-order valence-electron chi connectivity index (χ1n) is 8.45. The Hall–Kier alpha value is -3.09. The molecule has 0 spiro atoms. The molecule has 3 N–H and O–H groups in total. The summed E-state index contributed by atoms with van der Waals surface area (Å²) in [5, 5.41) is 2.60. The zero-order chi connectivity index (χ0) is 20.0. The summed E-state index contributed by atoms with van der Waals surface area (Å²) in [5.41, 5.74) is 6.35. The number of rotatable bonds is 6. The average Bonchev–Trinajstić information content (AvgIpc) is 2.58. The van der Waals surface area contributed by atoms with Crippen molar-refractivity contribution in [3.05, 3.63) is 53.8 Å². The van der Waals surface area contributed by atoms with E-state index in [-0.39, 0.29) is 19.0 Å². The van der Waals surface area contributed by atoms with Gasteiger partial charge in [-0.1, -0.05) is 12.1 Å². The minimum Gasteiger partial charge on any atom is -0.491 e. The van der Waals surface area contributed by atoms with Crippen molar-refractivity contribution < 1.29 is 23.5 Å². The van der Waals surface area contributed by atoms with Crippen molar-refractivity contribution in [2.45, 2.75) is 26.4 Å². The third-order valence-corrected chi connectivity index (χ3v) is 3.45. The topological polar surface area (TPSA) is 90.7 Å². The molecule has 2 amide bonds. The number of hydrogen-bond acceptors (Lipinski definition) is 4. The van der Waals surface area contributed by atoms with Crippen LogP contribution in [0, 0.1) is 5.82 Å². The number of carbonyl (C=O) groups is 2. The number of benzene rings is 2. The lowest BCUT2D eigenvalue weighted by Gasteiger charge is -2.19. The molecule has 0 atom stereocenters. The van der Waals surface area contributed by atoms with Crippen molar-refractivity contribution in [2.75, 3.05) is 13.2 Å². The monoisotopic (exact) mass is 374 g/mol. The van der Waals surface area contributed by atoms with Gasteiger partial charge in [-0.05, 0) is 56.7 Å². The van der Waals surface area contributed by atoms with Gasteiger partial charge in [-0.15, -0.1) is 0 Å². The van der Waals surface area contributed by atoms with Crippen molar-refractivity contribution >= 4 is 12.0 Å². The van der Waals surface area contributed by atoms with Crippen molar-refractivity contribution in [2.24, 2.45) is 5.73 Å². The second kappa shape index (κ2) is 8.53. The highest BCUT2D eigenvalue weighted by atomic mass is 19.1. The molecule has 0 aliphatic rings. The lowest BCUT2D eigenvalue weighted by Crippen LogP contribution is -2.34. The van der Waals surface area contributed by atoms with Gasteiger partial charge in [0.15, 0.2) is 0 Å². The molecule has 0 aromatic heterocycles. The summed E-state index contributed by atoms with van der Waals surface area (Å²) in [5.74, 6) is -0.456. The molecule has 0 fully saturated rings. The van der Waals surface area contributed by atoms with Crippen LogP contribution in [0.5, 0.6) is 5.75 Å². The Morgan fingerprint density at radius 1 is 1.11 bits per heavy atom. The van der Waals surface area contributed by atoms with Crippen LogP contribution in [0.4, 0.5) is 9.18 Å². The molecule has 0 aliphatic heterocycles. The number of carbonyl (C=O) groups excluding carboxylic acids is 2. The van der Waals surface area contributed by atoms with Gasteiger partial charge >= 0.3 is 6.09 Å². The molecule has 2 aromatic rings. The second-order valence-electron chi connectivity index (χ2n) is 6.86.